The summed E-state index contributed by atoms with van der Waals surface area (Å²) in [7, 11) is 0. The monoisotopic (exact) mass is 284 g/mol. The fraction of sp³-hybridized carbons (Fsp3) is 0.500. The first-order chi connectivity index (χ1) is 8.69. The molecule has 0 aromatic heterocycles. The summed E-state index contributed by atoms with van der Waals surface area (Å²) in [5, 5.41) is 7.86. The molecule has 0 unspecified atom stereocenters. The first-order valence-corrected chi connectivity index (χ1v) is 6.78. The first-order valence-electron chi connectivity index (χ1n) is 5.96. The predicted molar refractivity (Wildman–Crippen MR) is 84.7 cm³/mol. The Morgan fingerprint density at radius 3 is 1.50 bits per heavy atom. The molecule has 1 aliphatic heterocycles. The van der Waals surface area contributed by atoms with Crippen LogP contribution in [0.4, 0.5) is 0 Å². The average Bonchev–Trinajstić information content (AvgIpc) is 2.42. The van der Waals surface area contributed by atoms with Crippen LogP contribution in [0, 0.1) is 0 Å². The van der Waals surface area contributed by atoms with Crippen molar-refractivity contribution >= 4 is 34.7 Å². The fourth-order valence-corrected chi connectivity index (χ4v) is 2.19. The van der Waals surface area contributed by atoms with Gasteiger partial charge < -0.3 is 20.4 Å². The summed E-state index contributed by atoms with van der Waals surface area (Å²) < 4.78 is 0. The lowest BCUT2D eigenvalue weighted by Crippen LogP contribution is -2.54. The van der Waals surface area contributed by atoms with E-state index in [9.17, 15) is 0 Å². The van der Waals surface area contributed by atoms with E-state index in [-0.39, 0.29) is 0 Å². The fourth-order valence-electron chi connectivity index (χ4n) is 1.66. The molecular formula is C12H20N4S2. The number of hydrogen-bond donors (Lipinski definition) is 2. The summed E-state index contributed by atoms with van der Waals surface area (Å²) in [6.07, 6.45) is 3.60. The molecule has 0 radical (unpaired) electrons. The molecule has 1 fully saturated rings. The van der Waals surface area contributed by atoms with Crippen molar-refractivity contribution in [1.82, 2.24) is 20.4 Å². The molecule has 1 heterocycles. The van der Waals surface area contributed by atoms with Crippen LogP contribution >= 0.6 is 24.4 Å². The van der Waals surface area contributed by atoms with Gasteiger partial charge in [0.25, 0.3) is 0 Å². The number of rotatable bonds is 4. The van der Waals surface area contributed by atoms with Crippen LogP contribution in [0.3, 0.4) is 0 Å². The van der Waals surface area contributed by atoms with Gasteiger partial charge in [0.1, 0.15) is 0 Å². The molecule has 0 aliphatic carbocycles. The first kappa shape index (κ1) is 14.9. The maximum atomic E-state index is 5.30. The Morgan fingerprint density at radius 1 is 0.889 bits per heavy atom. The third-order valence-electron chi connectivity index (χ3n) is 2.65. The smallest absolute Gasteiger partial charge is 0.169 e. The Balaban J connectivity index is 2.31. The molecule has 1 rings (SSSR count). The van der Waals surface area contributed by atoms with Gasteiger partial charge in [-0.1, -0.05) is 12.2 Å². The van der Waals surface area contributed by atoms with Gasteiger partial charge in [0.05, 0.1) is 0 Å². The average molecular weight is 284 g/mol. The third-order valence-corrected chi connectivity index (χ3v) is 3.45. The van der Waals surface area contributed by atoms with Crippen molar-refractivity contribution in [2.75, 3.05) is 39.3 Å². The van der Waals surface area contributed by atoms with E-state index < -0.39 is 0 Å². The van der Waals surface area contributed by atoms with Crippen LogP contribution in [-0.4, -0.2) is 59.3 Å². The number of piperazine rings is 1. The van der Waals surface area contributed by atoms with E-state index in [1.54, 1.807) is 12.2 Å². The molecule has 1 aliphatic rings. The van der Waals surface area contributed by atoms with Crippen LogP contribution in [-0.2, 0) is 0 Å². The van der Waals surface area contributed by atoms with Crippen molar-refractivity contribution in [3.8, 4) is 0 Å². The van der Waals surface area contributed by atoms with Crippen molar-refractivity contribution < 1.29 is 0 Å². The highest BCUT2D eigenvalue weighted by Crippen LogP contribution is 2.02. The number of hydrogen-bond acceptors (Lipinski definition) is 2. The van der Waals surface area contributed by atoms with Crippen LogP contribution in [0.15, 0.2) is 25.3 Å². The van der Waals surface area contributed by atoms with Gasteiger partial charge in [-0.2, -0.15) is 0 Å². The summed E-state index contributed by atoms with van der Waals surface area (Å²) in [6, 6.07) is 0. The highest BCUT2D eigenvalue weighted by molar-refractivity contribution is 7.80. The second-order valence-electron chi connectivity index (χ2n) is 3.92. The van der Waals surface area contributed by atoms with Gasteiger partial charge in [0, 0.05) is 39.3 Å². The Kier molecular flexibility index (Phi) is 6.67. The summed E-state index contributed by atoms with van der Waals surface area (Å²) in [5.41, 5.74) is 0. The number of nitrogens with one attached hydrogen (secondary N) is 2. The summed E-state index contributed by atoms with van der Waals surface area (Å²) >= 11 is 10.6. The quantitative estimate of drug-likeness (QED) is 0.584. The van der Waals surface area contributed by atoms with Crippen LogP contribution in [0.5, 0.6) is 0 Å². The largest absolute Gasteiger partial charge is 0.359 e. The van der Waals surface area contributed by atoms with Crippen LogP contribution in [0.25, 0.3) is 0 Å². The maximum absolute atomic E-state index is 5.30. The molecule has 0 bridgehead atoms. The van der Waals surface area contributed by atoms with Gasteiger partial charge in [-0.05, 0) is 24.4 Å². The van der Waals surface area contributed by atoms with Crippen molar-refractivity contribution in [3.05, 3.63) is 25.3 Å². The number of nitrogens with zero attached hydrogens (tertiary/aromatic N) is 2. The molecule has 6 heteroatoms. The Bertz CT molecular complexity index is 290. The molecule has 1 saturated heterocycles. The number of thiocarbonyl (C=S) groups is 2. The van der Waals surface area contributed by atoms with Gasteiger partial charge in [-0.25, -0.2) is 0 Å². The minimum atomic E-state index is 0.707. The third kappa shape index (κ3) is 4.62. The lowest BCUT2D eigenvalue weighted by Gasteiger charge is -2.37. The zero-order valence-electron chi connectivity index (χ0n) is 10.5. The summed E-state index contributed by atoms with van der Waals surface area (Å²) in [5.74, 6) is 0. The van der Waals surface area contributed by atoms with Crippen LogP contribution in [0.1, 0.15) is 0 Å². The Labute approximate surface area is 120 Å². The lowest BCUT2D eigenvalue weighted by molar-refractivity contribution is 0.255. The van der Waals surface area contributed by atoms with Crippen molar-refractivity contribution in [3.63, 3.8) is 0 Å². The lowest BCUT2D eigenvalue weighted by atomic mass is 10.3. The molecular weight excluding hydrogens is 264 g/mol. The molecule has 0 atom stereocenters. The van der Waals surface area contributed by atoms with Crippen molar-refractivity contribution in [2.24, 2.45) is 0 Å². The molecule has 100 valence electrons. The van der Waals surface area contributed by atoms with E-state index in [0.29, 0.717) is 13.1 Å². The topological polar surface area (TPSA) is 30.5 Å². The van der Waals surface area contributed by atoms with E-state index in [2.05, 4.69) is 33.6 Å². The Morgan fingerprint density at radius 2 is 1.22 bits per heavy atom. The molecule has 2 N–H and O–H groups in total. The molecule has 4 nitrogen and oxygen atoms in total. The van der Waals surface area contributed by atoms with E-state index >= 15 is 0 Å². The normalized spacial score (nSPS) is 14.9. The standard InChI is InChI=1S/C12H20N4S2/c1-3-5-13-11(17)15-7-9-16(10-8-15)12(18)14-6-4-2/h3-4H,1-2,5-10H2,(H,13,17)(H,14,18). The highest BCUT2D eigenvalue weighted by Gasteiger charge is 2.19. The van der Waals surface area contributed by atoms with Crippen molar-refractivity contribution in [1.29, 1.82) is 0 Å². The minimum absolute atomic E-state index is 0.707. The minimum Gasteiger partial charge on any atom is -0.359 e. The highest BCUT2D eigenvalue weighted by atomic mass is 32.1. The van der Waals surface area contributed by atoms with E-state index in [4.69, 9.17) is 24.4 Å². The van der Waals surface area contributed by atoms with Crippen LogP contribution < -0.4 is 10.6 Å². The van der Waals surface area contributed by atoms with Gasteiger partial charge in [-0.15, -0.1) is 13.2 Å². The van der Waals surface area contributed by atoms with Gasteiger partial charge in [-0.3, -0.25) is 0 Å². The summed E-state index contributed by atoms with van der Waals surface area (Å²) in [4.78, 5) is 4.32. The van der Waals surface area contributed by atoms with E-state index in [1.165, 1.54) is 0 Å². The summed E-state index contributed by atoms with van der Waals surface area (Å²) in [6.45, 7) is 12.3. The zero-order chi connectivity index (χ0) is 13.4. The second kappa shape index (κ2) is 8.05. The predicted octanol–water partition coefficient (Wildman–Crippen LogP) is 0.725. The van der Waals surface area contributed by atoms with E-state index in [0.717, 1.165) is 36.4 Å². The second-order valence-corrected chi connectivity index (χ2v) is 4.70. The maximum Gasteiger partial charge on any atom is 0.169 e. The SMILES string of the molecule is C=CCNC(=S)N1CCN(C(=S)NCC=C)CC1. The van der Waals surface area contributed by atoms with Crippen LogP contribution in [0.2, 0.25) is 0 Å². The van der Waals surface area contributed by atoms with Gasteiger partial charge >= 0.3 is 0 Å². The molecule has 18 heavy (non-hydrogen) atoms. The van der Waals surface area contributed by atoms with Crippen molar-refractivity contribution in [2.45, 2.75) is 0 Å². The van der Waals surface area contributed by atoms with Gasteiger partial charge in [0.2, 0.25) is 0 Å². The molecule has 0 spiro atoms. The van der Waals surface area contributed by atoms with E-state index in [1.807, 2.05) is 0 Å². The van der Waals surface area contributed by atoms with Gasteiger partial charge in [0.15, 0.2) is 10.2 Å². The molecule has 0 saturated carbocycles. The molecule has 0 amide bonds. The molecule has 0 aromatic rings. The molecule has 0 aromatic carbocycles. The Hall–Kier alpha value is -1.14. The zero-order valence-corrected chi connectivity index (χ0v) is 12.2.